The SMILES string of the molecule is CNS(=O)(=O)NCc1cccc2nsnc12. The fourth-order valence-electron chi connectivity index (χ4n) is 1.25. The van der Waals surface area contributed by atoms with Crippen LogP contribution in [0.2, 0.25) is 0 Å². The van der Waals surface area contributed by atoms with Crippen LogP contribution in [0.4, 0.5) is 0 Å². The van der Waals surface area contributed by atoms with Gasteiger partial charge in [0.05, 0.1) is 11.7 Å². The van der Waals surface area contributed by atoms with Gasteiger partial charge < -0.3 is 0 Å². The van der Waals surface area contributed by atoms with E-state index in [1.165, 1.54) is 7.05 Å². The van der Waals surface area contributed by atoms with E-state index in [-0.39, 0.29) is 6.54 Å². The summed E-state index contributed by atoms with van der Waals surface area (Å²) in [6.45, 7) is 0.200. The molecular weight excluding hydrogens is 248 g/mol. The molecule has 0 saturated heterocycles. The molecule has 2 rings (SSSR count). The summed E-state index contributed by atoms with van der Waals surface area (Å²) < 4.78 is 35.2. The Morgan fingerprint density at radius 1 is 1.38 bits per heavy atom. The van der Waals surface area contributed by atoms with Gasteiger partial charge in [-0.25, -0.2) is 4.72 Å². The van der Waals surface area contributed by atoms with E-state index in [2.05, 4.69) is 18.2 Å². The van der Waals surface area contributed by atoms with Crippen molar-refractivity contribution in [2.45, 2.75) is 6.54 Å². The van der Waals surface area contributed by atoms with Gasteiger partial charge in [-0.05, 0) is 11.6 Å². The monoisotopic (exact) mass is 258 g/mol. The van der Waals surface area contributed by atoms with Crippen molar-refractivity contribution in [1.29, 1.82) is 0 Å². The lowest BCUT2D eigenvalue weighted by atomic mass is 10.2. The third kappa shape index (κ3) is 2.35. The highest BCUT2D eigenvalue weighted by atomic mass is 32.2. The van der Waals surface area contributed by atoms with Crippen LogP contribution < -0.4 is 9.44 Å². The molecule has 0 radical (unpaired) electrons. The van der Waals surface area contributed by atoms with Crippen molar-refractivity contribution in [1.82, 2.24) is 18.2 Å². The first-order valence-corrected chi connectivity index (χ1v) is 6.72. The number of benzene rings is 1. The molecule has 2 aromatic rings. The van der Waals surface area contributed by atoms with Crippen molar-refractivity contribution in [3.05, 3.63) is 23.8 Å². The summed E-state index contributed by atoms with van der Waals surface area (Å²) in [4.78, 5) is 0. The lowest BCUT2D eigenvalue weighted by molar-refractivity contribution is 0.573. The predicted molar refractivity (Wildman–Crippen MR) is 62.2 cm³/mol. The zero-order valence-electron chi connectivity index (χ0n) is 8.47. The van der Waals surface area contributed by atoms with Crippen molar-refractivity contribution < 1.29 is 8.42 Å². The molecule has 0 spiro atoms. The molecule has 0 aliphatic carbocycles. The third-order valence-corrected chi connectivity index (χ3v) is 3.70. The van der Waals surface area contributed by atoms with E-state index in [0.29, 0.717) is 0 Å². The van der Waals surface area contributed by atoms with Crippen LogP contribution in [0.25, 0.3) is 11.0 Å². The number of aromatic nitrogens is 2. The fourth-order valence-corrected chi connectivity index (χ4v) is 2.31. The molecule has 0 fully saturated rings. The van der Waals surface area contributed by atoms with Crippen LogP contribution in [0.1, 0.15) is 5.56 Å². The number of fused-ring (bicyclic) bond motifs is 1. The van der Waals surface area contributed by atoms with Crippen molar-refractivity contribution in [3.63, 3.8) is 0 Å². The number of rotatable bonds is 4. The molecule has 6 nitrogen and oxygen atoms in total. The molecule has 0 aliphatic rings. The van der Waals surface area contributed by atoms with Crippen LogP contribution in [0.5, 0.6) is 0 Å². The lowest BCUT2D eigenvalue weighted by Crippen LogP contribution is -2.33. The van der Waals surface area contributed by atoms with Gasteiger partial charge in [0.2, 0.25) is 0 Å². The van der Waals surface area contributed by atoms with Gasteiger partial charge in [0, 0.05) is 13.6 Å². The lowest BCUT2D eigenvalue weighted by Gasteiger charge is -2.04. The minimum absolute atomic E-state index is 0.200. The molecule has 16 heavy (non-hydrogen) atoms. The first-order valence-electron chi connectivity index (χ1n) is 4.51. The highest BCUT2D eigenvalue weighted by molar-refractivity contribution is 7.87. The number of nitrogens with zero attached hydrogens (tertiary/aromatic N) is 2. The zero-order valence-corrected chi connectivity index (χ0v) is 10.1. The molecule has 0 bridgehead atoms. The summed E-state index contributed by atoms with van der Waals surface area (Å²) in [5.41, 5.74) is 2.34. The Balaban J connectivity index is 2.25. The molecule has 1 aromatic heterocycles. The van der Waals surface area contributed by atoms with Gasteiger partial charge >= 0.3 is 0 Å². The Bertz CT molecular complexity index is 593. The van der Waals surface area contributed by atoms with Gasteiger partial charge in [-0.1, -0.05) is 12.1 Å². The van der Waals surface area contributed by atoms with E-state index in [1.54, 1.807) is 0 Å². The predicted octanol–water partition coefficient (Wildman–Crippen LogP) is 0.245. The summed E-state index contributed by atoms with van der Waals surface area (Å²) in [6.07, 6.45) is 0. The van der Waals surface area contributed by atoms with Crippen LogP contribution in [0, 0.1) is 0 Å². The highest BCUT2D eigenvalue weighted by Crippen LogP contribution is 2.16. The minimum Gasteiger partial charge on any atom is -0.205 e. The van der Waals surface area contributed by atoms with Gasteiger partial charge in [-0.2, -0.15) is 21.9 Å². The normalized spacial score (nSPS) is 12.1. The number of hydrogen-bond acceptors (Lipinski definition) is 5. The smallest absolute Gasteiger partial charge is 0.205 e. The molecule has 0 aliphatic heterocycles. The molecular formula is C8H10N4O2S2. The standard InChI is InChI=1S/C8H10N4O2S2/c1-9-16(13,14)10-5-6-3-2-4-7-8(6)12-15-11-7/h2-4,9-10H,5H2,1H3. The second-order valence-corrected chi connectivity index (χ2v) is 5.31. The quantitative estimate of drug-likeness (QED) is 0.823. The van der Waals surface area contributed by atoms with E-state index >= 15 is 0 Å². The average Bonchev–Trinajstić information content (AvgIpc) is 2.75. The summed E-state index contributed by atoms with van der Waals surface area (Å²) in [6, 6.07) is 5.49. The first-order chi connectivity index (χ1) is 7.62. The second kappa shape index (κ2) is 4.42. The fraction of sp³-hybridized carbons (Fsp3) is 0.250. The van der Waals surface area contributed by atoms with Crippen LogP contribution in [0.15, 0.2) is 18.2 Å². The number of nitrogens with one attached hydrogen (secondary N) is 2. The van der Waals surface area contributed by atoms with Gasteiger partial charge in [0.15, 0.2) is 0 Å². The zero-order chi connectivity index (χ0) is 11.6. The van der Waals surface area contributed by atoms with Gasteiger partial charge in [-0.3, -0.25) is 0 Å². The largest absolute Gasteiger partial charge is 0.276 e. The molecule has 0 amide bonds. The van der Waals surface area contributed by atoms with Crippen LogP contribution in [-0.2, 0) is 16.8 Å². The molecule has 1 aromatic carbocycles. The average molecular weight is 258 g/mol. The van der Waals surface area contributed by atoms with Crippen molar-refractivity contribution in [3.8, 4) is 0 Å². The summed E-state index contributed by atoms with van der Waals surface area (Å²) >= 11 is 1.11. The maximum absolute atomic E-state index is 11.2. The van der Waals surface area contributed by atoms with Crippen LogP contribution in [-0.4, -0.2) is 24.2 Å². The summed E-state index contributed by atoms with van der Waals surface area (Å²) in [5.74, 6) is 0. The van der Waals surface area contributed by atoms with Gasteiger partial charge in [0.1, 0.15) is 11.0 Å². The summed E-state index contributed by atoms with van der Waals surface area (Å²) in [7, 11) is -2.06. The van der Waals surface area contributed by atoms with E-state index in [0.717, 1.165) is 28.3 Å². The van der Waals surface area contributed by atoms with Crippen LogP contribution in [0.3, 0.4) is 0 Å². The Hall–Kier alpha value is -1.09. The molecule has 86 valence electrons. The van der Waals surface area contributed by atoms with E-state index < -0.39 is 10.2 Å². The maximum Gasteiger partial charge on any atom is 0.276 e. The van der Waals surface area contributed by atoms with Crippen molar-refractivity contribution in [2.75, 3.05) is 7.05 Å². The maximum atomic E-state index is 11.2. The van der Waals surface area contributed by atoms with Gasteiger partial charge in [-0.15, -0.1) is 0 Å². The Morgan fingerprint density at radius 2 is 2.19 bits per heavy atom. The summed E-state index contributed by atoms with van der Waals surface area (Å²) in [5, 5.41) is 0. The molecule has 0 atom stereocenters. The molecule has 2 N–H and O–H groups in total. The number of hydrogen-bond donors (Lipinski definition) is 2. The third-order valence-electron chi connectivity index (χ3n) is 2.09. The van der Waals surface area contributed by atoms with E-state index in [9.17, 15) is 8.42 Å². The Labute approximate surface area is 97.2 Å². The Kier molecular flexibility index (Phi) is 3.15. The van der Waals surface area contributed by atoms with E-state index in [4.69, 9.17) is 0 Å². The first kappa shape index (κ1) is 11.4. The second-order valence-electron chi connectivity index (χ2n) is 3.08. The topological polar surface area (TPSA) is 84.0 Å². The Morgan fingerprint density at radius 3 is 2.94 bits per heavy atom. The highest BCUT2D eigenvalue weighted by Gasteiger charge is 2.09. The van der Waals surface area contributed by atoms with Crippen molar-refractivity contribution >= 4 is 33.0 Å². The van der Waals surface area contributed by atoms with Crippen LogP contribution >= 0.6 is 11.7 Å². The molecule has 1 heterocycles. The van der Waals surface area contributed by atoms with Gasteiger partial charge in [0.25, 0.3) is 10.2 Å². The molecule has 0 saturated carbocycles. The minimum atomic E-state index is -3.41. The molecule has 8 heteroatoms. The van der Waals surface area contributed by atoms with Crippen molar-refractivity contribution in [2.24, 2.45) is 0 Å². The van der Waals surface area contributed by atoms with E-state index in [1.807, 2.05) is 18.2 Å². The molecule has 0 unspecified atom stereocenters.